The molecule has 0 bridgehead atoms. The topological polar surface area (TPSA) is 49.4 Å². The number of hydrogen-bond acceptors (Lipinski definition) is 2. The van der Waals surface area contributed by atoms with E-state index in [0.717, 1.165) is 10.2 Å². The van der Waals surface area contributed by atoms with Gasteiger partial charge in [-0.1, -0.05) is 12.1 Å². The Kier molecular flexibility index (Phi) is 6.02. The third-order valence-corrected chi connectivity index (χ3v) is 3.21. The summed E-state index contributed by atoms with van der Waals surface area (Å²) in [5, 5.41) is 2.81. The number of carbonyl (C=O) groups is 2. The predicted octanol–water partition coefficient (Wildman–Crippen LogP) is 2.72. The van der Waals surface area contributed by atoms with Crippen molar-refractivity contribution in [2.75, 3.05) is 11.4 Å². The van der Waals surface area contributed by atoms with E-state index in [1.807, 2.05) is 38.1 Å². The second-order valence-electron chi connectivity index (χ2n) is 4.59. The predicted molar refractivity (Wildman–Crippen MR) is 80.1 cm³/mol. The number of nitrogens with one attached hydrogen (secondary N) is 1. The molecule has 104 valence electrons. The van der Waals surface area contributed by atoms with E-state index in [-0.39, 0.29) is 17.9 Å². The summed E-state index contributed by atoms with van der Waals surface area (Å²) in [6.07, 6.45) is 0.291. The molecule has 2 amide bonds. The summed E-state index contributed by atoms with van der Waals surface area (Å²) >= 11 is 3.42. The Balaban J connectivity index is 2.73. The number of rotatable bonds is 5. The van der Waals surface area contributed by atoms with Crippen molar-refractivity contribution in [1.29, 1.82) is 0 Å². The van der Waals surface area contributed by atoms with E-state index in [1.165, 1.54) is 6.92 Å². The largest absolute Gasteiger partial charge is 0.354 e. The fourth-order valence-electron chi connectivity index (χ4n) is 1.73. The summed E-state index contributed by atoms with van der Waals surface area (Å²) < 4.78 is 0.842. The fraction of sp³-hybridized carbons (Fsp3) is 0.429. The maximum Gasteiger partial charge on any atom is 0.223 e. The van der Waals surface area contributed by atoms with E-state index in [0.29, 0.717) is 13.0 Å². The Hall–Kier alpha value is -1.36. The average molecular weight is 327 g/mol. The van der Waals surface area contributed by atoms with Gasteiger partial charge >= 0.3 is 0 Å². The average Bonchev–Trinajstić information content (AvgIpc) is 2.30. The van der Waals surface area contributed by atoms with E-state index < -0.39 is 0 Å². The molecule has 5 heteroatoms. The molecule has 0 aliphatic heterocycles. The monoisotopic (exact) mass is 326 g/mol. The van der Waals surface area contributed by atoms with Crippen LogP contribution >= 0.6 is 15.9 Å². The number of benzene rings is 1. The molecule has 0 radical (unpaired) electrons. The standard InChI is InChI=1S/C14H19BrN2O2/c1-10(2)16-14(19)8-9-17(11(3)18)13-7-5-4-6-12(13)15/h4-7,10H,8-9H2,1-3H3,(H,16,19). The van der Waals surface area contributed by atoms with Crippen LogP contribution in [0.25, 0.3) is 0 Å². The molecule has 0 fully saturated rings. The molecule has 1 aromatic rings. The highest BCUT2D eigenvalue weighted by Crippen LogP contribution is 2.25. The number of amides is 2. The van der Waals surface area contributed by atoms with Crippen LogP contribution in [0.3, 0.4) is 0 Å². The maximum absolute atomic E-state index is 11.7. The van der Waals surface area contributed by atoms with Gasteiger partial charge in [-0.25, -0.2) is 0 Å². The van der Waals surface area contributed by atoms with Crippen molar-refractivity contribution < 1.29 is 9.59 Å². The molecule has 1 rings (SSSR count). The van der Waals surface area contributed by atoms with Crippen LogP contribution in [-0.2, 0) is 9.59 Å². The van der Waals surface area contributed by atoms with Crippen LogP contribution in [0.5, 0.6) is 0 Å². The van der Waals surface area contributed by atoms with Gasteiger partial charge in [-0.3, -0.25) is 9.59 Å². The first-order valence-corrected chi connectivity index (χ1v) is 7.03. The highest BCUT2D eigenvalue weighted by atomic mass is 79.9. The second kappa shape index (κ2) is 7.28. The van der Waals surface area contributed by atoms with Gasteiger partial charge in [-0.05, 0) is 41.9 Å². The van der Waals surface area contributed by atoms with E-state index in [1.54, 1.807) is 4.90 Å². The molecule has 4 nitrogen and oxygen atoms in total. The highest BCUT2D eigenvalue weighted by molar-refractivity contribution is 9.10. The molecular formula is C14H19BrN2O2. The van der Waals surface area contributed by atoms with Crippen molar-refractivity contribution in [1.82, 2.24) is 5.32 Å². The number of halogens is 1. The molecule has 0 heterocycles. The number of carbonyl (C=O) groups excluding carboxylic acids is 2. The summed E-state index contributed by atoms with van der Waals surface area (Å²) in [5.74, 6) is -0.127. The molecule has 0 aliphatic carbocycles. The molecule has 0 aromatic heterocycles. The third kappa shape index (κ3) is 5.03. The first-order chi connectivity index (χ1) is 8.91. The van der Waals surface area contributed by atoms with E-state index in [9.17, 15) is 9.59 Å². The van der Waals surface area contributed by atoms with Gasteiger partial charge in [0.05, 0.1) is 5.69 Å². The molecule has 0 spiro atoms. The first kappa shape index (κ1) is 15.7. The molecule has 0 saturated carbocycles. The summed E-state index contributed by atoms with van der Waals surface area (Å²) in [6.45, 7) is 5.69. The van der Waals surface area contributed by atoms with Gasteiger partial charge in [0.15, 0.2) is 0 Å². The number of nitrogens with zero attached hydrogens (tertiary/aromatic N) is 1. The zero-order chi connectivity index (χ0) is 14.4. The van der Waals surface area contributed by atoms with Gasteiger partial charge in [0.2, 0.25) is 11.8 Å². The van der Waals surface area contributed by atoms with Crippen molar-refractivity contribution >= 4 is 33.4 Å². The smallest absolute Gasteiger partial charge is 0.223 e. The minimum absolute atomic E-state index is 0.0479. The van der Waals surface area contributed by atoms with E-state index in [4.69, 9.17) is 0 Å². The van der Waals surface area contributed by atoms with Crippen molar-refractivity contribution in [3.8, 4) is 0 Å². The van der Waals surface area contributed by atoms with Crippen molar-refractivity contribution in [2.24, 2.45) is 0 Å². The summed E-state index contributed by atoms with van der Waals surface area (Å²) in [7, 11) is 0. The van der Waals surface area contributed by atoms with Crippen LogP contribution in [0, 0.1) is 0 Å². The molecule has 19 heavy (non-hydrogen) atoms. The van der Waals surface area contributed by atoms with E-state index >= 15 is 0 Å². The minimum Gasteiger partial charge on any atom is -0.354 e. The number of anilines is 1. The zero-order valence-electron chi connectivity index (χ0n) is 11.4. The van der Waals surface area contributed by atoms with Crippen LogP contribution in [0.2, 0.25) is 0 Å². The summed E-state index contributed by atoms with van der Waals surface area (Å²) in [4.78, 5) is 24.9. The number of para-hydroxylation sites is 1. The SMILES string of the molecule is CC(=O)N(CCC(=O)NC(C)C)c1ccccc1Br. The lowest BCUT2D eigenvalue weighted by molar-refractivity contribution is -0.121. The Morgan fingerprint density at radius 2 is 1.95 bits per heavy atom. The summed E-state index contributed by atoms with van der Waals surface area (Å²) in [6, 6.07) is 7.59. The molecule has 1 aromatic carbocycles. The van der Waals surface area contributed by atoms with Gasteiger partial charge in [0, 0.05) is 30.4 Å². The van der Waals surface area contributed by atoms with Crippen molar-refractivity contribution in [3.05, 3.63) is 28.7 Å². The van der Waals surface area contributed by atoms with Gasteiger partial charge in [-0.15, -0.1) is 0 Å². The van der Waals surface area contributed by atoms with Gasteiger partial charge in [0.1, 0.15) is 0 Å². The van der Waals surface area contributed by atoms with Crippen molar-refractivity contribution in [2.45, 2.75) is 33.2 Å². The Bertz CT molecular complexity index is 461. The highest BCUT2D eigenvalue weighted by Gasteiger charge is 2.15. The number of hydrogen-bond donors (Lipinski definition) is 1. The zero-order valence-corrected chi connectivity index (χ0v) is 13.0. The van der Waals surface area contributed by atoms with Crippen LogP contribution in [-0.4, -0.2) is 24.4 Å². The van der Waals surface area contributed by atoms with Crippen LogP contribution in [0.1, 0.15) is 27.2 Å². The third-order valence-electron chi connectivity index (χ3n) is 2.54. The quantitative estimate of drug-likeness (QED) is 0.904. The van der Waals surface area contributed by atoms with Crippen LogP contribution in [0.15, 0.2) is 28.7 Å². The van der Waals surface area contributed by atoms with Crippen LogP contribution < -0.4 is 10.2 Å². The first-order valence-electron chi connectivity index (χ1n) is 6.23. The molecular weight excluding hydrogens is 308 g/mol. The Morgan fingerprint density at radius 3 is 2.47 bits per heavy atom. The Morgan fingerprint density at radius 1 is 1.32 bits per heavy atom. The maximum atomic E-state index is 11.7. The van der Waals surface area contributed by atoms with E-state index in [2.05, 4.69) is 21.2 Å². The van der Waals surface area contributed by atoms with Gasteiger partial charge in [0.25, 0.3) is 0 Å². The lowest BCUT2D eigenvalue weighted by Crippen LogP contribution is -2.36. The normalized spacial score (nSPS) is 10.4. The fourth-order valence-corrected chi connectivity index (χ4v) is 2.22. The van der Waals surface area contributed by atoms with Crippen LogP contribution in [0.4, 0.5) is 5.69 Å². The van der Waals surface area contributed by atoms with Gasteiger partial charge in [-0.2, -0.15) is 0 Å². The molecule has 0 atom stereocenters. The molecule has 0 aliphatic rings. The lowest BCUT2D eigenvalue weighted by atomic mass is 10.2. The van der Waals surface area contributed by atoms with Gasteiger partial charge < -0.3 is 10.2 Å². The van der Waals surface area contributed by atoms with Crippen molar-refractivity contribution in [3.63, 3.8) is 0 Å². The molecule has 0 saturated heterocycles. The molecule has 0 unspecified atom stereocenters. The lowest BCUT2D eigenvalue weighted by Gasteiger charge is -2.22. The molecule has 1 N–H and O–H groups in total. The minimum atomic E-state index is -0.0794. The summed E-state index contributed by atoms with van der Waals surface area (Å²) in [5.41, 5.74) is 0.785. The Labute approximate surface area is 122 Å². The second-order valence-corrected chi connectivity index (χ2v) is 5.45.